The molecule has 3 atom stereocenters. The molecule has 0 radical (unpaired) electrons. The van der Waals surface area contributed by atoms with Gasteiger partial charge in [-0.3, -0.25) is 0 Å². The van der Waals surface area contributed by atoms with E-state index in [1.54, 1.807) is 0 Å². The highest BCUT2D eigenvalue weighted by Crippen LogP contribution is 2.21. The minimum Gasteiger partial charge on any atom is -0.392 e. The van der Waals surface area contributed by atoms with Gasteiger partial charge in [-0.1, -0.05) is 46.5 Å². The molecular weight excluding hydrogens is 188 g/mol. The van der Waals surface area contributed by atoms with Gasteiger partial charge in [0.05, 0.1) is 6.10 Å². The Kier molecular flexibility index (Phi) is 8.68. The molecule has 0 aliphatic heterocycles. The van der Waals surface area contributed by atoms with Crippen LogP contribution >= 0.6 is 0 Å². The first-order valence-electron chi connectivity index (χ1n) is 6.30. The summed E-state index contributed by atoms with van der Waals surface area (Å²) in [4.78, 5) is 10.9. The Balaban J connectivity index is 3.99. The summed E-state index contributed by atoms with van der Waals surface area (Å²) in [6.07, 6.45) is 6.74. The second-order valence-corrected chi connectivity index (χ2v) is 4.55. The molecule has 0 saturated heterocycles. The van der Waals surface area contributed by atoms with Crippen molar-refractivity contribution in [3.8, 4) is 0 Å². The highest BCUT2D eigenvalue weighted by molar-refractivity contribution is 5.54. The van der Waals surface area contributed by atoms with E-state index in [1.165, 1.54) is 0 Å². The Bertz CT molecular complexity index is 157. The Labute approximate surface area is 94.1 Å². The normalized spacial score (nSPS) is 17.1. The third-order valence-electron chi connectivity index (χ3n) is 3.10. The van der Waals surface area contributed by atoms with Crippen molar-refractivity contribution < 1.29 is 9.90 Å². The molecule has 0 aromatic rings. The molecule has 2 nitrogen and oxygen atoms in total. The van der Waals surface area contributed by atoms with Crippen molar-refractivity contribution in [3.05, 3.63) is 0 Å². The van der Waals surface area contributed by atoms with Gasteiger partial charge in [0.25, 0.3) is 0 Å². The van der Waals surface area contributed by atoms with Crippen molar-refractivity contribution in [2.24, 2.45) is 11.8 Å². The lowest BCUT2D eigenvalue weighted by Gasteiger charge is -2.23. The minimum atomic E-state index is -0.444. The minimum absolute atomic E-state index is 0.156. The summed E-state index contributed by atoms with van der Waals surface area (Å²) >= 11 is 0. The van der Waals surface area contributed by atoms with Crippen LogP contribution in [0.5, 0.6) is 0 Å². The van der Waals surface area contributed by atoms with E-state index in [4.69, 9.17) is 0 Å². The molecule has 0 rings (SSSR count). The molecule has 0 amide bonds. The van der Waals surface area contributed by atoms with Crippen LogP contribution in [0.1, 0.15) is 59.3 Å². The molecule has 0 heterocycles. The van der Waals surface area contributed by atoms with Gasteiger partial charge in [-0.25, -0.2) is 0 Å². The third-order valence-corrected chi connectivity index (χ3v) is 3.10. The van der Waals surface area contributed by atoms with E-state index < -0.39 is 6.10 Å². The Hall–Kier alpha value is -0.370. The fraction of sp³-hybridized carbons (Fsp3) is 0.923. The average Bonchev–Trinajstić information content (AvgIpc) is 2.26. The molecule has 0 spiro atoms. The highest BCUT2D eigenvalue weighted by atomic mass is 16.3. The van der Waals surface area contributed by atoms with Gasteiger partial charge < -0.3 is 9.90 Å². The number of hydrogen-bond donors (Lipinski definition) is 1. The highest BCUT2D eigenvalue weighted by Gasteiger charge is 2.23. The van der Waals surface area contributed by atoms with Crippen LogP contribution in [-0.4, -0.2) is 17.5 Å². The van der Waals surface area contributed by atoms with Gasteiger partial charge in [-0.15, -0.1) is 0 Å². The molecule has 2 heteroatoms. The van der Waals surface area contributed by atoms with Gasteiger partial charge in [0.15, 0.2) is 0 Å². The standard InChI is InChI=1S/C13H26O2/c1-4-6-8-11(3)13(15)12(10-14)9-7-5-2/h10-13,15H,4-9H2,1-3H3/t11-,12+,13-/m1/s1. The molecule has 0 aliphatic rings. The van der Waals surface area contributed by atoms with Crippen LogP contribution in [0.25, 0.3) is 0 Å². The summed E-state index contributed by atoms with van der Waals surface area (Å²) in [6, 6.07) is 0. The molecule has 0 aromatic heterocycles. The van der Waals surface area contributed by atoms with Crippen molar-refractivity contribution in [3.63, 3.8) is 0 Å². The third kappa shape index (κ3) is 5.93. The maximum Gasteiger partial charge on any atom is 0.125 e. The van der Waals surface area contributed by atoms with E-state index in [9.17, 15) is 9.90 Å². The molecule has 0 saturated carbocycles. The summed E-state index contributed by atoms with van der Waals surface area (Å²) in [7, 11) is 0. The average molecular weight is 214 g/mol. The number of aliphatic hydroxyl groups excluding tert-OH is 1. The summed E-state index contributed by atoms with van der Waals surface area (Å²) in [5, 5.41) is 10.00. The molecule has 1 N–H and O–H groups in total. The maximum atomic E-state index is 10.9. The van der Waals surface area contributed by atoms with E-state index >= 15 is 0 Å². The van der Waals surface area contributed by atoms with Crippen LogP contribution in [0.4, 0.5) is 0 Å². The summed E-state index contributed by atoms with van der Waals surface area (Å²) in [6.45, 7) is 6.30. The van der Waals surface area contributed by atoms with E-state index in [-0.39, 0.29) is 11.8 Å². The SMILES string of the molecule is CCCC[C@@H](C)[C@@H](O)[C@H](C=O)CCCC. The number of hydrogen-bond acceptors (Lipinski definition) is 2. The molecule has 0 fully saturated rings. The topological polar surface area (TPSA) is 37.3 Å². The first kappa shape index (κ1) is 14.6. The van der Waals surface area contributed by atoms with Gasteiger partial charge in [0.1, 0.15) is 6.29 Å². The lowest BCUT2D eigenvalue weighted by Crippen LogP contribution is -2.28. The van der Waals surface area contributed by atoms with E-state index in [1.807, 2.05) is 6.92 Å². The van der Waals surface area contributed by atoms with Crippen LogP contribution in [-0.2, 0) is 4.79 Å². The quantitative estimate of drug-likeness (QED) is 0.598. The van der Waals surface area contributed by atoms with Crippen molar-refractivity contribution in [2.45, 2.75) is 65.4 Å². The fourth-order valence-corrected chi connectivity index (χ4v) is 1.88. The van der Waals surface area contributed by atoms with Gasteiger partial charge >= 0.3 is 0 Å². The molecule has 0 unspecified atom stereocenters. The zero-order chi connectivity index (χ0) is 11.7. The summed E-state index contributed by atoms with van der Waals surface area (Å²) < 4.78 is 0. The lowest BCUT2D eigenvalue weighted by atomic mass is 9.86. The lowest BCUT2D eigenvalue weighted by molar-refractivity contribution is -0.115. The predicted molar refractivity (Wildman–Crippen MR) is 63.8 cm³/mol. The number of carbonyl (C=O) groups excluding carboxylic acids is 1. The second-order valence-electron chi connectivity index (χ2n) is 4.55. The van der Waals surface area contributed by atoms with Crippen LogP contribution in [0.3, 0.4) is 0 Å². The van der Waals surface area contributed by atoms with Crippen LogP contribution in [0.15, 0.2) is 0 Å². The Morgan fingerprint density at radius 3 is 2.13 bits per heavy atom. The molecule has 0 aliphatic carbocycles. The maximum absolute atomic E-state index is 10.9. The van der Waals surface area contributed by atoms with Gasteiger partial charge in [-0.2, -0.15) is 0 Å². The van der Waals surface area contributed by atoms with Crippen LogP contribution < -0.4 is 0 Å². The van der Waals surface area contributed by atoms with E-state index in [0.717, 1.165) is 44.8 Å². The number of unbranched alkanes of at least 4 members (excludes halogenated alkanes) is 2. The Morgan fingerprint density at radius 1 is 1.13 bits per heavy atom. The zero-order valence-corrected chi connectivity index (χ0v) is 10.4. The molecular formula is C13H26O2. The number of rotatable bonds is 9. The number of aliphatic hydroxyl groups is 1. The molecule has 0 bridgehead atoms. The van der Waals surface area contributed by atoms with Crippen molar-refractivity contribution >= 4 is 6.29 Å². The summed E-state index contributed by atoms with van der Waals surface area (Å²) in [5.74, 6) is 0.0915. The van der Waals surface area contributed by atoms with E-state index in [2.05, 4.69) is 13.8 Å². The van der Waals surface area contributed by atoms with Crippen molar-refractivity contribution in [1.29, 1.82) is 0 Å². The first-order valence-corrected chi connectivity index (χ1v) is 6.30. The van der Waals surface area contributed by atoms with Gasteiger partial charge in [-0.05, 0) is 18.8 Å². The number of carbonyl (C=O) groups is 1. The van der Waals surface area contributed by atoms with Crippen LogP contribution in [0.2, 0.25) is 0 Å². The predicted octanol–water partition coefficient (Wildman–Crippen LogP) is 3.18. The van der Waals surface area contributed by atoms with Crippen LogP contribution in [0, 0.1) is 11.8 Å². The number of aldehydes is 1. The largest absolute Gasteiger partial charge is 0.392 e. The first-order chi connectivity index (χ1) is 7.17. The second kappa shape index (κ2) is 8.90. The van der Waals surface area contributed by atoms with Crippen molar-refractivity contribution in [1.82, 2.24) is 0 Å². The van der Waals surface area contributed by atoms with Crippen molar-refractivity contribution in [2.75, 3.05) is 0 Å². The summed E-state index contributed by atoms with van der Waals surface area (Å²) in [5.41, 5.74) is 0. The Morgan fingerprint density at radius 2 is 1.67 bits per heavy atom. The monoisotopic (exact) mass is 214 g/mol. The molecule has 0 aromatic carbocycles. The smallest absolute Gasteiger partial charge is 0.125 e. The molecule has 90 valence electrons. The zero-order valence-electron chi connectivity index (χ0n) is 10.4. The fourth-order valence-electron chi connectivity index (χ4n) is 1.88. The van der Waals surface area contributed by atoms with E-state index in [0.29, 0.717) is 0 Å². The van der Waals surface area contributed by atoms with Gasteiger partial charge in [0.2, 0.25) is 0 Å². The molecule has 15 heavy (non-hydrogen) atoms. The van der Waals surface area contributed by atoms with Gasteiger partial charge in [0, 0.05) is 5.92 Å².